The predicted molar refractivity (Wildman–Crippen MR) is 79.6 cm³/mol. The van der Waals surface area contributed by atoms with E-state index in [1.807, 2.05) is 6.07 Å². The van der Waals surface area contributed by atoms with Gasteiger partial charge in [0.1, 0.15) is 0 Å². The lowest BCUT2D eigenvalue weighted by Crippen LogP contribution is -2.12. The highest BCUT2D eigenvalue weighted by Crippen LogP contribution is 2.32. The molecule has 1 aliphatic carbocycles. The van der Waals surface area contributed by atoms with Crippen molar-refractivity contribution in [3.05, 3.63) is 34.1 Å². The first-order valence-electron chi connectivity index (χ1n) is 6.98. The summed E-state index contributed by atoms with van der Waals surface area (Å²) in [7, 11) is 0. The standard InChI is InChI=1S/C14H15BrN4O2/c15-12-7-6-10(8-11(12)14(20)21)19-13(16-17-18-19)9-4-2-1-3-5-9/h6-9H,1-5H2,(H,20,21). The van der Waals surface area contributed by atoms with Crippen LogP contribution in [0.25, 0.3) is 5.69 Å². The first-order valence-corrected chi connectivity index (χ1v) is 7.77. The number of carboxylic acids is 1. The molecule has 2 aromatic rings. The highest BCUT2D eigenvalue weighted by molar-refractivity contribution is 9.10. The molecule has 0 amide bonds. The maximum atomic E-state index is 11.2. The third-order valence-electron chi connectivity index (χ3n) is 3.89. The van der Waals surface area contributed by atoms with Gasteiger partial charge in [-0.3, -0.25) is 0 Å². The number of carbonyl (C=O) groups is 1. The number of hydrogen-bond donors (Lipinski definition) is 1. The zero-order valence-electron chi connectivity index (χ0n) is 11.4. The summed E-state index contributed by atoms with van der Waals surface area (Å²) < 4.78 is 2.21. The van der Waals surface area contributed by atoms with Gasteiger partial charge >= 0.3 is 5.97 Å². The third-order valence-corrected chi connectivity index (χ3v) is 4.58. The van der Waals surface area contributed by atoms with Crippen molar-refractivity contribution in [3.63, 3.8) is 0 Å². The molecule has 110 valence electrons. The van der Waals surface area contributed by atoms with E-state index in [9.17, 15) is 9.90 Å². The molecule has 1 aromatic heterocycles. The molecule has 1 aliphatic rings. The van der Waals surface area contributed by atoms with Gasteiger partial charge in [0.2, 0.25) is 0 Å². The van der Waals surface area contributed by atoms with Crippen LogP contribution < -0.4 is 0 Å². The number of benzene rings is 1. The molecule has 3 rings (SSSR count). The van der Waals surface area contributed by atoms with Crippen molar-refractivity contribution in [2.45, 2.75) is 38.0 Å². The Balaban J connectivity index is 1.99. The second kappa shape index (κ2) is 5.93. The average molecular weight is 351 g/mol. The molecule has 1 aromatic carbocycles. The number of tetrazole rings is 1. The molecule has 1 heterocycles. The van der Waals surface area contributed by atoms with E-state index in [2.05, 4.69) is 31.5 Å². The Kier molecular flexibility index (Phi) is 4.01. The van der Waals surface area contributed by atoms with Crippen LogP contribution in [-0.2, 0) is 0 Å². The van der Waals surface area contributed by atoms with Crippen molar-refractivity contribution in [3.8, 4) is 5.69 Å². The van der Waals surface area contributed by atoms with Crippen LogP contribution in [0, 0.1) is 0 Å². The van der Waals surface area contributed by atoms with Crippen LogP contribution in [0.3, 0.4) is 0 Å². The van der Waals surface area contributed by atoms with E-state index in [1.165, 1.54) is 19.3 Å². The highest BCUT2D eigenvalue weighted by atomic mass is 79.9. The van der Waals surface area contributed by atoms with Crippen LogP contribution in [0.4, 0.5) is 0 Å². The quantitative estimate of drug-likeness (QED) is 0.919. The molecule has 0 spiro atoms. The molecule has 7 heteroatoms. The van der Waals surface area contributed by atoms with Crippen molar-refractivity contribution < 1.29 is 9.90 Å². The summed E-state index contributed by atoms with van der Waals surface area (Å²) in [5, 5.41) is 21.2. The lowest BCUT2D eigenvalue weighted by atomic mass is 9.88. The van der Waals surface area contributed by atoms with Crippen LogP contribution in [-0.4, -0.2) is 31.3 Å². The van der Waals surface area contributed by atoms with E-state index in [4.69, 9.17) is 0 Å². The normalized spacial score (nSPS) is 16.0. The fourth-order valence-electron chi connectivity index (χ4n) is 2.80. The molecule has 0 radical (unpaired) electrons. The maximum absolute atomic E-state index is 11.2. The van der Waals surface area contributed by atoms with Gasteiger partial charge in [0.15, 0.2) is 5.82 Å². The van der Waals surface area contributed by atoms with Crippen molar-refractivity contribution in [1.82, 2.24) is 20.2 Å². The minimum Gasteiger partial charge on any atom is -0.478 e. The van der Waals surface area contributed by atoms with Crippen LogP contribution in [0.5, 0.6) is 0 Å². The van der Waals surface area contributed by atoms with E-state index in [0.29, 0.717) is 16.1 Å². The van der Waals surface area contributed by atoms with Gasteiger partial charge < -0.3 is 5.11 Å². The van der Waals surface area contributed by atoms with Gasteiger partial charge in [-0.2, -0.15) is 4.68 Å². The Morgan fingerprint density at radius 3 is 2.76 bits per heavy atom. The lowest BCUT2D eigenvalue weighted by molar-refractivity contribution is 0.0696. The van der Waals surface area contributed by atoms with Gasteiger partial charge in [0.25, 0.3) is 0 Å². The SMILES string of the molecule is O=C(O)c1cc(-n2nnnc2C2CCCCC2)ccc1Br. The predicted octanol–water partition coefficient (Wildman–Crippen LogP) is 3.17. The number of hydrogen-bond acceptors (Lipinski definition) is 4. The van der Waals surface area contributed by atoms with Crippen LogP contribution in [0.15, 0.2) is 22.7 Å². The Bertz CT molecular complexity index is 665. The van der Waals surface area contributed by atoms with Crippen LogP contribution in [0.2, 0.25) is 0 Å². The summed E-state index contributed by atoms with van der Waals surface area (Å²) in [4.78, 5) is 11.2. The van der Waals surface area contributed by atoms with Crippen molar-refractivity contribution in [2.75, 3.05) is 0 Å². The van der Waals surface area contributed by atoms with Gasteiger partial charge in [-0.25, -0.2) is 4.79 Å². The van der Waals surface area contributed by atoms with E-state index < -0.39 is 5.97 Å². The van der Waals surface area contributed by atoms with Gasteiger partial charge in [-0.1, -0.05) is 19.3 Å². The zero-order chi connectivity index (χ0) is 14.8. The number of aromatic carboxylic acids is 1. The second-order valence-electron chi connectivity index (χ2n) is 5.25. The monoisotopic (exact) mass is 350 g/mol. The molecular formula is C14H15BrN4O2. The number of halogens is 1. The Hall–Kier alpha value is -1.76. The molecule has 1 N–H and O–H groups in total. The first kappa shape index (κ1) is 14.2. The number of nitrogens with zero attached hydrogens (tertiary/aromatic N) is 4. The van der Waals surface area contributed by atoms with Gasteiger partial charge in [0.05, 0.1) is 11.3 Å². The van der Waals surface area contributed by atoms with E-state index in [-0.39, 0.29) is 5.56 Å². The lowest BCUT2D eigenvalue weighted by Gasteiger charge is -2.20. The van der Waals surface area contributed by atoms with E-state index in [0.717, 1.165) is 18.7 Å². The topological polar surface area (TPSA) is 80.9 Å². The summed E-state index contributed by atoms with van der Waals surface area (Å²) in [5.74, 6) is 0.204. The maximum Gasteiger partial charge on any atom is 0.336 e. The number of rotatable bonds is 3. The molecule has 1 saturated carbocycles. The summed E-state index contributed by atoms with van der Waals surface area (Å²) in [6.07, 6.45) is 5.82. The molecule has 0 aliphatic heterocycles. The fourth-order valence-corrected chi connectivity index (χ4v) is 3.22. The fraction of sp³-hybridized carbons (Fsp3) is 0.429. The Morgan fingerprint density at radius 2 is 2.05 bits per heavy atom. The van der Waals surface area contributed by atoms with Crippen molar-refractivity contribution >= 4 is 21.9 Å². The molecule has 0 atom stereocenters. The van der Waals surface area contributed by atoms with Crippen molar-refractivity contribution in [1.29, 1.82) is 0 Å². The Labute approximate surface area is 130 Å². The summed E-state index contributed by atoms with van der Waals surface area (Å²) in [6.45, 7) is 0. The molecule has 0 saturated heterocycles. The zero-order valence-corrected chi connectivity index (χ0v) is 13.0. The molecule has 21 heavy (non-hydrogen) atoms. The first-order chi connectivity index (χ1) is 10.2. The molecule has 0 unspecified atom stereocenters. The Morgan fingerprint density at radius 1 is 1.29 bits per heavy atom. The van der Waals surface area contributed by atoms with Gasteiger partial charge in [0, 0.05) is 10.4 Å². The van der Waals surface area contributed by atoms with E-state index >= 15 is 0 Å². The second-order valence-corrected chi connectivity index (χ2v) is 6.11. The minimum absolute atomic E-state index is 0.206. The molecular weight excluding hydrogens is 336 g/mol. The largest absolute Gasteiger partial charge is 0.478 e. The molecule has 0 bridgehead atoms. The number of carboxylic acid groups (broad SMARTS) is 1. The van der Waals surface area contributed by atoms with Crippen molar-refractivity contribution in [2.24, 2.45) is 0 Å². The minimum atomic E-state index is -0.976. The van der Waals surface area contributed by atoms with E-state index in [1.54, 1.807) is 16.8 Å². The van der Waals surface area contributed by atoms with Crippen LogP contribution in [0.1, 0.15) is 54.2 Å². The van der Waals surface area contributed by atoms with Crippen LogP contribution >= 0.6 is 15.9 Å². The molecule has 1 fully saturated rings. The summed E-state index contributed by atoms with van der Waals surface area (Å²) in [6, 6.07) is 5.12. The average Bonchev–Trinajstić information content (AvgIpc) is 2.98. The van der Waals surface area contributed by atoms with Gasteiger partial charge in [-0.15, -0.1) is 5.10 Å². The molecule has 6 nitrogen and oxygen atoms in total. The summed E-state index contributed by atoms with van der Waals surface area (Å²) in [5.41, 5.74) is 0.888. The highest BCUT2D eigenvalue weighted by Gasteiger charge is 2.23. The number of aromatic nitrogens is 4. The summed E-state index contributed by atoms with van der Waals surface area (Å²) >= 11 is 3.25. The third kappa shape index (κ3) is 2.83. The smallest absolute Gasteiger partial charge is 0.336 e. The van der Waals surface area contributed by atoms with Gasteiger partial charge in [-0.05, 0) is 57.4 Å².